The summed E-state index contributed by atoms with van der Waals surface area (Å²) in [6.07, 6.45) is 3.76. The lowest BCUT2D eigenvalue weighted by molar-refractivity contribution is 0.0838. The number of nitrogens with zero attached hydrogens (tertiary/aromatic N) is 2. The van der Waals surface area contributed by atoms with Crippen molar-refractivity contribution in [3.8, 4) is 22.6 Å². The van der Waals surface area contributed by atoms with Crippen molar-refractivity contribution in [3.63, 3.8) is 0 Å². The summed E-state index contributed by atoms with van der Waals surface area (Å²) in [6.45, 7) is 5.62. The molecule has 4 aromatic rings. The molecule has 164 valence electrons. The van der Waals surface area contributed by atoms with Crippen molar-refractivity contribution in [1.82, 2.24) is 14.5 Å². The molecule has 32 heavy (non-hydrogen) atoms. The minimum absolute atomic E-state index is 0.0476. The van der Waals surface area contributed by atoms with Gasteiger partial charge >= 0.3 is 0 Å². The van der Waals surface area contributed by atoms with Crippen molar-refractivity contribution < 1.29 is 9.47 Å². The van der Waals surface area contributed by atoms with Crippen molar-refractivity contribution in [2.24, 2.45) is 7.05 Å². The zero-order valence-corrected chi connectivity index (χ0v) is 18.6. The SMILES string of the molecule is Cc1cccc(C)c1Oc1c(-c2ccc(=O)n(C)c2)ccc2[nH]c(C3CCOCC3)nc12. The van der Waals surface area contributed by atoms with Crippen LogP contribution in [0.1, 0.15) is 35.7 Å². The molecule has 1 saturated heterocycles. The third-order valence-electron chi connectivity index (χ3n) is 6.24. The van der Waals surface area contributed by atoms with Gasteiger partial charge in [0.05, 0.1) is 5.52 Å². The van der Waals surface area contributed by atoms with Crippen molar-refractivity contribution in [2.45, 2.75) is 32.6 Å². The molecule has 6 heteroatoms. The van der Waals surface area contributed by atoms with Crippen LogP contribution in [0.2, 0.25) is 0 Å². The van der Waals surface area contributed by atoms with Gasteiger partial charge in [0.15, 0.2) is 5.75 Å². The van der Waals surface area contributed by atoms with Gasteiger partial charge in [-0.1, -0.05) is 18.2 Å². The van der Waals surface area contributed by atoms with Gasteiger partial charge in [-0.15, -0.1) is 0 Å². The van der Waals surface area contributed by atoms with Crippen molar-refractivity contribution in [2.75, 3.05) is 13.2 Å². The Morgan fingerprint density at radius 2 is 1.78 bits per heavy atom. The Kier molecular flexibility index (Phi) is 5.31. The number of hydrogen-bond donors (Lipinski definition) is 1. The molecule has 1 N–H and O–H groups in total. The smallest absolute Gasteiger partial charge is 0.250 e. The Balaban J connectivity index is 1.70. The molecule has 0 spiro atoms. The number of H-pyrrole nitrogens is 1. The van der Waals surface area contributed by atoms with Crippen LogP contribution >= 0.6 is 0 Å². The van der Waals surface area contributed by atoms with E-state index in [1.54, 1.807) is 17.7 Å². The molecular formula is C26H27N3O3. The number of ether oxygens (including phenoxy) is 2. The third-order valence-corrected chi connectivity index (χ3v) is 6.24. The van der Waals surface area contributed by atoms with E-state index in [1.807, 2.05) is 56.4 Å². The minimum Gasteiger partial charge on any atom is -0.454 e. The molecule has 0 bridgehead atoms. The fourth-order valence-corrected chi connectivity index (χ4v) is 4.38. The van der Waals surface area contributed by atoms with Crippen LogP contribution in [0, 0.1) is 13.8 Å². The second kappa shape index (κ2) is 8.28. The first-order chi connectivity index (χ1) is 15.5. The summed E-state index contributed by atoms with van der Waals surface area (Å²) in [5, 5.41) is 0. The highest BCUT2D eigenvalue weighted by Gasteiger charge is 2.23. The normalized spacial score (nSPS) is 14.7. The molecule has 2 aromatic heterocycles. The molecule has 0 atom stereocenters. The predicted octanol–water partition coefficient (Wildman–Crippen LogP) is 5.23. The zero-order chi connectivity index (χ0) is 22.2. The first-order valence-electron chi connectivity index (χ1n) is 11.0. The van der Waals surface area contributed by atoms with Gasteiger partial charge in [-0.25, -0.2) is 4.98 Å². The average molecular weight is 430 g/mol. The molecule has 1 fully saturated rings. The van der Waals surface area contributed by atoms with Crippen molar-refractivity contribution in [1.29, 1.82) is 0 Å². The molecule has 0 saturated carbocycles. The molecule has 2 aromatic carbocycles. The van der Waals surface area contributed by atoms with E-state index < -0.39 is 0 Å². The number of aromatic amines is 1. The van der Waals surface area contributed by atoms with Crippen LogP contribution in [0.4, 0.5) is 0 Å². The van der Waals surface area contributed by atoms with Gasteiger partial charge in [0.1, 0.15) is 17.1 Å². The number of nitrogens with one attached hydrogen (secondary N) is 1. The molecule has 1 aliphatic heterocycles. The van der Waals surface area contributed by atoms with Crippen molar-refractivity contribution >= 4 is 11.0 Å². The summed E-state index contributed by atoms with van der Waals surface area (Å²) in [6, 6.07) is 13.6. The highest BCUT2D eigenvalue weighted by molar-refractivity contribution is 5.91. The van der Waals surface area contributed by atoms with E-state index in [0.29, 0.717) is 11.7 Å². The maximum Gasteiger partial charge on any atom is 0.250 e. The summed E-state index contributed by atoms with van der Waals surface area (Å²) >= 11 is 0. The molecular weight excluding hydrogens is 402 g/mol. The minimum atomic E-state index is -0.0476. The molecule has 0 amide bonds. The van der Waals surface area contributed by atoms with Crippen molar-refractivity contribution in [3.05, 3.63) is 76.0 Å². The maximum atomic E-state index is 12.0. The summed E-state index contributed by atoms with van der Waals surface area (Å²) < 4.78 is 13.7. The standard InChI is InChI=1S/C26H27N3O3/c1-16-5-4-6-17(2)24(16)32-25-20(19-7-10-22(30)29(3)15-19)8-9-21-23(25)28-26(27-21)18-11-13-31-14-12-18/h4-10,15,18H,11-14H2,1-3H3,(H,27,28). The van der Waals surface area contributed by atoms with Crippen LogP contribution < -0.4 is 10.3 Å². The molecule has 3 heterocycles. The molecule has 5 rings (SSSR count). The monoisotopic (exact) mass is 429 g/mol. The summed E-state index contributed by atoms with van der Waals surface area (Å²) in [4.78, 5) is 20.5. The van der Waals surface area contributed by atoms with Crippen LogP contribution in [-0.2, 0) is 11.8 Å². The summed E-state index contributed by atoms with van der Waals surface area (Å²) in [5.41, 5.74) is 5.64. The lowest BCUT2D eigenvalue weighted by atomic mass is 10.00. The van der Waals surface area contributed by atoms with Crippen LogP contribution in [0.5, 0.6) is 11.5 Å². The highest BCUT2D eigenvalue weighted by Crippen LogP contribution is 2.41. The number of para-hydroxylation sites is 1. The Bertz CT molecular complexity index is 1330. The first kappa shape index (κ1) is 20.5. The summed E-state index contributed by atoms with van der Waals surface area (Å²) in [7, 11) is 1.76. The topological polar surface area (TPSA) is 69.1 Å². The van der Waals surface area contributed by atoms with E-state index in [4.69, 9.17) is 14.5 Å². The van der Waals surface area contributed by atoms with Crippen LogP contribution in [0.3, 0.4) is 0 Å². The second-order valence-electron chi connectivity index (χ2n) is 8.54. The van der Waals surface area contributed by atoms with Crippen LogP contribution in [0.25, 0.3) is 22.2 Å². The number of aryl methyl sites for hydroxylation is 3. The molecule has 6 nitrogen and oxygen atoms in total. The Hall–Kier alpha value is -3.38. The van der Waals surface area contributed by atoms with E-state index in [1.165, 1.54) is 0 Å². The Morgan fingerprint density at radius 3 is 2.50 bits per heavy atom. The van der Waals surface area contributed by atoms with E-state index in [2.05, 4.69) is 4.98 Å². The predicted molar refractivity (Wildman–Crippen MR) is 126 cm³/mol. The average Bonchev–Trinajstić information content (AvgIpc) is 3.24. The zero-order valence-electron chi connectivity index (χ0n) is 18.6. The van der Waals surface area contributed by atoms with Gasteiger partial charge in [0.2, 0.25) is 5.56 Å². The quantitative estimate of drug-likeness (QED) is 0.482. The van der Waals surface area contributed by atoms with Gasteiger partial charge in [0.25, 0.3) is 0 Å². The maximum absolute atomic E-state index is 12.0. The van der Waals surface area contributed by atoms with Gasteiger partial charge in [-0.05, 0) is 56.0 Å². The number of fused-ring (bicyclic) bond motifs is 1. The van der Waals surface area contributed by atoms with Gasteiger partial charge < -0.3 is 19.0 Å². The first-order valence-corrected chi connectivity index (χ1v) is 11.0. The van der Waals surface area contributed by atoms with Crippen LogP contribution in [0.15, 0.2) is 53.5 Å². The fourth-order valence-electron chi connectivity index (χ4n) is 4.38. The number of pyridine rings is 1. The van der Waals surface area contributed by atoms with E-state index >= 15 is 0 Å². The molecule has 0 unspecified atom stereocenters. The number of hydrogen-bond acceptors (Lipinski definition) is 4. The Labute approximate surface area is 186 Å². The lowest BCUT2D eigenvalue weighted by Crippen LogP contribution is -2.15. The number of aromatic nitrogens is 3. The van der Waals surface area contributed by atoms with E-state index in [0.717, 1.165) is 70.9 Å². The van der Waals surface area contributed by atoms with E-state index in [-0.39, 0.29) is 5.56 Å². The van der Waals surface area contributed by atoms with E-state index in [9.17, 15) is 4.79 Å². The van der Waals surface area contributed by atoms with Gasteiger partial charge in [-0.2, -0.15) is 0 Å². The van der Waals surface area contributed by atoms with Gasteiger partial charge in [-0.3, -0.25) is 4.79 Å². The fraction of sp³-hybridized carbons (Fsp3) is 0.308. The third kappa shape index (κ3) is 3.71. The number of rotatable bonds is 4. The van der Waals surface area contributed by atoms with Crippen LogP contribution in [-0.4, -0.2) is 27.7 Å². The molecule has 1 aliphatic rings. The molecule has 0 aliphatic carbocycles. The number of benzene rings is 2. The Morgan fingerprint density at radius 1 is 1.03 bits per heavy atom. The molecule has 0 radical (unpaired) electrons. The number of imidazole rings is 1. The summed E-state index contributed by atoms with van der Waals surface area (Å²) in [5.74, 6) is 2.87. The largest absolute Gasteiger partial charge is 0.454 e. The van der Waals surface area contributed by atoms with Gasteiger partial charge in [0, 0.05) is 49.6 Å². The second-order valence-corrected chi connectivity index (χ2v) is 8.54. The highest BCUT2D eigenvalue weighted by atomic mass is 16.5. The lowest BCUT2D eigenvalue weighted by Gasteiger charge is -2.19.